The van der Waals surface area contributed by atoms with Crippen molar-refractivity contribution in [2.45, 2.75) is 19.3 Å². The molecule has 2 aromatic rings. The van der Waals surface area contributed by atoms with E-state index in [1.807, 2.05) is 30.5 Å². The molecule has 1 atom stereocenters. The molecule has 1 aliphatic rings. The molecule has 0 N–H and O–H groups in total. The number of rotatable bonds is 3. The van der Waals surface area contributed by atoms with E-state index in [1.165, 1.54) is 19.3 Å². The van der Waals surface area contributed by atoms with Crippen LogP contribution in [0.5, 0.6) is 0 Å². The predicted octanol–water partition coefficient (Wildman–Crippen LogP) is 3.63. The summed E-state index contributed by atoms with van der Waals surface area (Å²) in [7, 11) is 0. The standard InChI is InChI=1S/C15H18BrN3/c16-8-7-12-4-3-9-19(11-12)15-10-17-13-5-1-2-6-14(13)18-15/h1-2,5-6,10,12H,3-4,7-9,11H2. The van der Waals surface area contributed by atoms with Crippen LogP contribution in [0.25, 0.3) is 11.0 Å². The van der Waals surface area contributed by atoms with Gasteiger partial charge in [-0.1, -0.05) is 28.1 Å². The van der Waals surface area contributed by atoms with Gasteiger partial charge in [0.15, 0.2) is 0 Å². The predicted molar refractivity (Wildman–Crippen MR) is 82.9 cm³/mol. The monoisotopic (exact) mass is 319 g/mol. The summed E-state index contributed by atoms with van der Waals surface area (Å²) in [6.07, 6.45) is 5.76. The van der Waals surface area contributed by atoms with E-state index < -0.39 is 0 Å². The fourth-order valence-corrected chi connectivity index (χ4v) is 3.41. The molecule has 1 aromatic carbocycles. The number of anilines is 1. The molecule has 4 heteroatoms. The lowest BCUT2D eigenvalue weighted by Crippen LogP contribution is -2.36. The first-order valence-corrected chi connectivity index (χ1v) is 8.01. The van der Waals surface area contributed by atoms with Crippen molar-refractivity contribution in [3.63, 3.8) is 0 Å². The van der Waals surface area contributed by atoms with E-state index in [2.05, 4.69) is 25.8 Å². The van der Waals surface area contributed by atoms with Crippen LogP contribution in [-0.2, 0) is 0 Å². The Morgan fingerprint density at radius 2 is 2.11 bits per heavy atom. The summed E-state index contributed by atoms with van der Waals surface area (Å²) in [5.74, 6) is 1.80. The van der Waals surface area contributed by atoms with E-state index >= 15 is 0 Å². The third-order valence-electron chi connectivity index (χ3n) is 3.80. The lowest BCUT2D eigenvalue weighted by Gasteiger charge is -2.33. The number of aromatic nitrogens is 2. The Balaban J connectivity index is 1.83. The van der Waals surface area contributed by atoms with Gasteiger partial charge in [0.05, 0.1) is 17.2 Å². The van der Waals surface area contributed by atoms with Gasteiger partial charge in [0, 0.05) is 18.4 Å². The molecular weight excluding hydrogens is 302 g/mol. The molecule has 3 nitrogen and oxygen atoms in total. The minimum atomic E-state index is 0.779. The molecule has 1 aromatic heterocycles. The molecule has 1 fully saturated rings. The van der Waals surface area contributed by atoms with Crippen molar-refractivity contribution >= 4 is 32.8 Å². The second kappa shape index (κ2) is 5.87. The maximum absolute atomic E-state index is 4.75. The number of alkyl halides is 1. The van der Waals surface area contributed by atoms with E-state index in [9.17, 15) is 0 Å². The van der Waals surface area contributed by atoms with Crippen LogP contribution in [0, 0.1) is 5.92 Å². The summed E-state index contributed by atoms with van der Waals surface area (Å²) in [6, 6.07) is 8.07. The van der Waals surface area contributed by atoms with Gasteiger partial charge in [-0.3, -0.25) is 4.98 Å². The first kappa shape index (κ1) is 12.9. The Bertz CT molecular complexity index is 556. The van der Waals surface area contributed by atoms with Gasteiger partial charge >= 0.3 is 0 Å². The number of para-hydroxylation sites is 2. The Morgan fingerprint density at radius 1 is 1.26 bits per heavy atom. The fourth-order valence-electron chi connectivity index (χ4n) is 2.76. The van der Waals surface area contributed by atoms with E-state index in [1.54, 1.807) is 0 Å². The van der Waals surface area contributed by atoms with Crippen LogP contribution in [0.4, 0.5) is 5.82 Å². The number of hydrogen-bond donors (Lipinski definition) is 0. The van der Waals surface area contributed by atoms with Crippen molar-refractivity contribution in [2.75, 3.05) is 23.3 Å². The SMILES string of the molecule is BrCCC1CCCN(c2cnc3ccccc3n2)C1. The highest BCUT2D eigenvalue weighted by atomic mass is 79.9. The van der Waals surface area contributed by atoms with Crippen molar-refractivity contribution < 1.29 is 0 Å². The zero-order valence-electron chi connectivity index (χ0n) is 10.9. The van der Waals surface area contributed by atoms with Gasteiger partial charge in [-0.05, 0) is 37.3 Å². The van der Waals surface area contributed by atoms with Gasteiger partial charge < -0.3 is 4.90 Å². The number of piperidine rings is 1. The normalized spacial score (nSPS) is 19.8. The molecule has 0 amide bonds. The Kier molecular flexibility index (Phi) is 3.97. The smallest absolute Gasteiger partial charge is 0.147 e. The second-order valence-corrected chi connectivity index (χ2v) is 5.94. The molecule has 0 spiro atoms. The van der Waals surface area contributed by atoms with Crippen molar-refractivity contribution in [3.8, 4) is 0 Å². The molecule has 0 saturated carbocycles. The van der Waals surface area contributed by atoms with Crippen LogP contribution in [0.1, 0.15) is 19.3 Å². The van der Waals surface area contributed by atoms with E-state index in [4.69, 9.17) is 4.98 Å². The topological polar surface area (TPSA) is 29.0 Å². The van der Waals surface area contributed by atoms with Crippen LogP contribution in [0.2, 0.25) is 0 Å². The molecule has 0 radical (unpaired) electrons. The van der Waals surface area contributed by atoms with Gasteiger partial charge in [-0.25, -0.2) is 4.98 Å². The molecule has 1 aliphatic heterocycles. The largest absolute Gasteiger partial charge is 0.355 e. The van der Waals surface area contributed by atoms with Crippen LogP contribution >= 0.6 is 15.9 Å². The molecule has 19 heavy (non-hydrogen) atoms. The second-order valence-electron chi connectivity index (χ2n) is 5.15. The molecular formula is C15H18BrN3. The fraction of sp³-hybridized carbons (Fsp3) is 0.467. The van der Waals surface area contributed by atoms with Gasteiger partial charge in [0.1, 0.15) is 5.82 Å². The third kappa shape index (κ3) is 2.89. The number of halogens is 1. The molecule has 2 heterocycles. The highest BCUT2D eigenvalue weighted by Crippen LogP contribution is 2.24. The summed E-state index contributed by atoms with van der Waals surface area (Å²) < 4.78 is 0. The number of hydrogen-bond acceptors (Lipinski definition) is 3. The summed E-state index contributed by atoms with van der Waals surface area (Å²) in [5, 5.41) is 1.09. The Hall–Kier alpha value is -1.16. The van der Waals surface area contributed by atoms with Gasteiger partial charge in [-0.15, -0.1) is 0 Å². The minimum absolute atomic E-state index is 0.779. The third-order valence-corrected chi connectivity index (χ3v) is 4.25. The molecule has 0 aliphatic carbocycles. The van der Waals surface area contributed by atoms with Crippen LogP contribution < -0.4 is 4.90 Å². The molecule has 3 rings (SSSR count). The lowest BCUT2D eigenvalue weighted by molar-refractivity contribution is 0.406. The van der Waals surface area contributed by atoms with Crippen molar-refractivity contribution in [2.24, 2.45) is 5.92 Å². The van der Waals surface area contributed by atoms with Crippen molar-refractivity contribution in [1.29, 1.82) is 0 Å². The minimum Gasteiger partial charge on any atom is -0.355 e. The zero-order chi connectivity index (χ0) is 13.1. The van der Waals surface area contributed by atoms with Crippen molar-refractivity contribution in [1.82, 2.24) is 9.97 Å². The summed E-state index contributed by atoms with van der Waals surface area (Å²) in [6.45, 7) is 2.21. The lowest BCUT2D eigenvalue weighted by atomic mass is 9.96. The Morgan fingerprint density at radius 3 is 2.95 bits per heavy atom. The Labute approximate surface area is 122 Å². The van der Waals surface area contributed by atoms with E-state index in [-0.39, 0.29) is 0 Å². The quantitative estimate of drug-likeness (QED) is 0.809. The van der Waals surface area contributed by atoms with Gasteiger partial charge in [0.25, 0.3) is 0 Å². The summed E-state index contributed by atoms with van der Waals surface area (Å²) in [5.41, 5.74) is 1.96. The van der Waals surface area contributed by atoms with Crippen LogP contribution in [0.15, 0.2) is 30.5 Å². The van der Waals surface area contributed by atoms with Gasteiger partial charge in [0.2, 0.25) is 0 Å². The first-order chi connectivity index (χ1) is 9.36. The maximum Gasteiger partial charge on any atom is 0.147 e. The molecule has 0 bridgehead atoms. The zero-order valence-corrected chi connectivity index (χ0v) is 12.5. The maximum atomic E-state index is 4.75. The molecule has 1 saturated heterocycles. The van der Waals surface area contributed by atoms with Gasteiger partial charge in [-0.2, -0.15) is 0 Å². The summed E-state index contributed by atoms with van der Waals surface area (Å²) >= 11 is 3.55. The molecule has 1 unspecified atom stereocenters. The average Bonchev–Trinajstić information content (AvgIpc) is 2.47. The molecule has 100 valence electrons. The van der Waals surface area contributed by atoms with Crippen molar-refractivity contribution in [3.05, 3.63) is 30.5 Å². The highest BCUT2D eigenvalue weighted by molar-refractivity contribution is 9.09. The van der Waals surface area contributed by atoms with Crippen LogP contribution in [-0.4, -0.2) is 28.4 Å². The van der Waals surface area contributed by atoms with E-state index in [0.717, 1.165) is 41.2 Å². The van der Waals surface area contributed by atoms with E-state index in [0.29, 0.717) is 0 Å². The summed E-state index contributed by atoms with van der Waals surface area (Å²) in [4.78, 5) is 11.6. The first-order valence-electron chi connectivity index (χ1n) is 6.89. The number of fused-ring (bicyclic) bond motifs is 1. The van der Waals surface area contributed by atoms with Crippen LogP contribution in [0.3, 0.4) is 0 Å². The average molecular weight is 320 g/mol. The highest BCUT2D eigenvalue weighted by Gasteiger charge is 2.20. The number of nitrogens with zero attached hydrogens (tertiary/aromatic N) is 3. The number of benzene rings is 1.